The quantitative estimate of drug-likeness (QED) is 0.130. The molecule has 16 heteroatoms. The topological polar surface area (TPSA) is 175 Å². The Bertz CT molecular complexity index is 1750. The minimum Gasteiger partial charge on any atom is -0.444 e. The number of rotatable bonds is 13. The minimum atomic E-state index is -4.82. The molecule has 3 amide bonds. The molecule has 0 spiro atoms. The number of nitrogens with one attached hydrogen (secondary N) is 2. The average Bonchev–Trinajstić information content (AvgIpc) is 3.64. The number of hydrogen-bond donors (Lipinski definition) is 4. The van der Waals surface area contributed by atoms with Crippen LogP contribution in [0.2, 0.25) is 0 Å². The molecule has 0 unspecified atom stereocenters. The molecule has 12 nitrogen and oxygen atoms in total. The molecule has 6 N–H and O–H groups in total. The van der Waals surface area contributed by atoms with Gasteiger partial charge in [0.05, 0.1) is 12.8 Å². The monoisotopic (exact) mass is 715 g/mol. The number of nitrogens with two attached hydrogens (primary N) is 2. The van der Waals surface area contributed by atoms with Gasteiger partial charge < -0.3 is 31.6 Å². The lowest BCUT2D eigenvalue weighted by Crippen LogP contribution is -2.33. The molecule has 1 aliphatic rings. The van der Waals surface area contributed by atoms with Crippen molar-refractivity contribution in [2.45, 2.75) is 84.3 Å². The summed E-state index contributed by atoms with van der Waals surface area (Å²) in [6.07, 6.45) is 0.524. The predicted molar refractivity (Wildman–Crippen MR) is 181 cm³/mol. The maximum absolute atomic E-state index is 12.8. The van der Waals surface area contributed by atoms with Crippen molar-refractivity contribution in [3.8, 4) is 5.75 Å². The minimum absolute atomic E-state index is 0.0880. The van der Waals surface area contributed by atoms with Crippen molar-refractivity contribution in [2.24, 2.45) is 11.5 Å². The number of benzene rings is 2. The summed E-state index contributed by atoms with van der Waals surface area (Å²) in [5.41, 5.74) is 15.2. The van der Waals surface area contributed by atoms with E-state index in [4.69, 9.17) is 16.2 Å². The highest BCUT2D eigenvalue weighted by atomic mass is 32.1. The van der Waals surface area contributed by atoms with Gasteiger partial charge in [-0.15, -0.1) is 23.4 Å². The Morgan fingerprint density at radius 3 is 2.48 bits per heavy atom. The van der Waals surface area contributed by atoms with Gasteiger partial charge in [0.2, 0.25) is 16.9 Å². The van der Waals surface area contributed by atoms with Gasteiger partial charge in [-0.1, -0.05) is 41.7 Å². The number of aromatic nitrogens is 2. The van der Waals surface area contributed by atoms with Gasteiger partial charge in [-0.25, -0.2) is 4.79 Å². The summed E-state index contributed by atoms with van der Waals surface area (Å²) in [4.78, 5) is 39.3. The van der Waals surface area contributed by atoms with E-state index in [0.29, 0.717) is 42.2 Å². The van der Waals surface area contributed by atoms with Gasteiger partial charge >= 0.3 is 12.5 Å². The van der Waals surface area contributed by atoms with Crippen LogP contribution in [0.4, 0.5) is 23.1 Å². The highest BCUT2D eigenvalue weighted by Crippen LogP contribution is 2.28. The van der Waals surface area contributed by atoms with Gasteiger partial charge in [-0.3, -0.25) is 14.5 Å². The number of halogens is 3. The number of fused-ring (bicyclic) bond motifs is 1. The smallest absolute Gasteiger partial charge is 0.444 e. The lowest BCUT2D eigenvalue weighted by molar-refractivity contribution is -0.274. The van der Waals surface area contributed by atoms with E-state index in [9.17, 15) is 27.6 Å². The van der Waals surface area contributed by atoms with Gasteiger partial charge in [-0.05, 0) is 86.6 Å². The van der Waals surface area contributed by atoms with Crippen molar-refractivity contribution < 1.29 is 37.0 Å². The first-order chi connectivity index (χ1) is 23.5. The zero-order valence-corrected chi connectivity index (χ0v) is 28.7. The van der Waals surface area contributed by atoms with E-state index in [2.05, 4.69) is 25.6 Å². The molecular weight excluding hydrogens is 675 g/mol. The fourth-order valence-electron chi connectivity index (χ4n) is 5.02. The first kappa shape index (κ1) is 37.7. The van der Waals surface area contributed by atoms with Gasteiger partial charge in [-0.2, -0.15) is 0 Å². The third-order valence-electron chi connectivity index (χ3n) is 7.16. The second kappa shape index (κ2) is 16.5. The first-order valence-electron chi connectivity index (χ1n) is 15.8. The van der Waals surface area contributed by atoms with E-state index in [1.807, 2.05) is 39.0 Å². The van der Waals surface area contributed by atoms with E-state index < -0.39 is 29.7 Å². The summed E-state index contributed by atoms with van der Waals surface area (Å²) >= 11 is 1.21. The molecule has 2 aromatic carbocycles. The number of carbonyl (C=O) groups is 3. The van der Waals surface area contributed by atoms with E-state index >= 15 is 0 Å². The number of ether oxygens (including phenoxy) is 2. The van der Waals surface area contributed by atoms with Crippen LogP contribution in [-0.4, -0.2) is 45.0 Å². The van der Waals surface area contributed by atoms with Crippen LogP contribution in [0.15, 0.2) is 66.1 Å². The van der Waals surface area contributed by atoms with E-state index in [1.165, 1.54) is 29.5 Å². The fraction of sp³-hybridized carbons (Fsp3) is 0.382. The van der Waals surface area contributed by atoms with Crippen molar-refractivity contribution in [3.63, 3.8) is 0 Å². The van der Waals surface area contributed by atoms with Crippen molar-refractivity contribution >= 4 is 34.4 Å². The molecule has 268 valence electrons. The number of aryl methyl sites for hydroxylation is 1. The molecule has 0 bridgehead atoms. The van der Waals surface area contributed by atoms with Gasteiger partial charge in [0.1, 0.15) is 22.2 Å². The lowest BCUT2D eigenvalue weighted by atomic mass is 10.0. The largest absolute Gasteiger partial charge is 0.573 e. The summed E-state index contributed by atoms with van der Waals surface area (Å²) in [5.74, 6) is -1.01. The van der Waals surface area contributed by atoms with Crippen molar-refractivity contribution in [1.29, 1.82) is 0 Å². The Kier molecular flexibility index (Phi) is 12.5. The van der Waals surface area contributed by atoms with Crippen molar-refractivity contribution in [3.05, 3.63) is 93.4 Å². The first-order valence-corrected chi connectivity index (χ1v) is 16.6. The lowest BCUT2D eigenvalue weighted by Gasteiger charge is -2.24. The maximum Gasteiger partial charge on any atom is 0.573 e. The zero-order valence-electron chi connectivity index (χ0n) is 27.9. The number of unbranched alkanes of at least 4 members (excludes halogenated alkanes) is 1. The maximum atomic E-state index is 12.8. The van der Waals surface area contributed by atoms with E-state index in [0.717, 1.165) is 41.7 Å². The van der Waals surface area contributed by atoms with Crippen LogP contribution in [0.5, 0.6) is 5.75 Å². The molecule has 4 rings (SSSR count). The molecule has 1 aliphatic heterocycles. The number of alkyl halides is 3. The van der Waals surface area contributed by atoms with Crippen molar-refractivity contribution in [1.82, 2.24) is 20.4 Å². The Hall–Kier alpha value is -5.12. The second-order valence-electron chi connectivity index (χ2n) is 12.6. The Labute approximate surface area is 291 Å². The summed E-state index contributed by atoms with van der Waals surface area (Å²) in [5, 5.41) is 14.3. The number of amides is 3. The fourth-order valence-corrected chi connectivity index (χ4v) is 5.82. The Morgan fingerprint density at radius 2 is 1.74 bits per heavy atom. The molecular formula is C34H40F3N7O5S. The zero-order chi connectivity index (χ0) is 36.5. The standard InChI is InChI=1S/C34H40F3N7O5S/c1-33(2,3)49-32(47)44-19-23-10-7-9-22(26(23)20-44)18-29(46)40-27(39)15-14-24(38)11-4-5-13-30-42-43-31(50-30)41-28(45)17-21-8-6-12-25(16-21)48-34(35,36)37/h6-10,12,14-16H,4-5,11,13,17-20,38-39H2,1-3H3,(H,40,46)(H,41,43,45)/b24-14-,27-15+. The highest BCUT2D eigenvalue weighted by Gasteiger charge is 2.31. The third kappa shape index (κ3) is 12.4. The van der Waals surface area contributed by atoms with Gasteiger partial charge in [0.15, 0.2) is 0 Å². The number of nitrogens with zero attached hydrogens (tertiary/aromatic N) is 3. The molecule has 0 saturated carbocycles. The van der Waals surface area contributed by atoms with Crippen LogP contribution < -0.4 is 26.8 Å². The third-order valence-corrected chi connectivity index (χ3v) is 8.06. The molecule has 50 heavy (non-hydrogen) atoms. The molecule has 1 aromatic heterocycles. The Morgan fingerprint density at radius 1 is 0.980 bits per heavy atom. The number of hydrogen-bond acceptors (Lipinski definition) is 10. The van der Waals surface area contributed by atoms with Crippen LogP contribution in [0.25, 0.3) is 0 Å². The van der Waals surface area contributed by atoms with Crippen LogP contribution in [0.1, 0.15) is 67.3 Å². The summed E-state index contributed by atoms with van der Waals surface area (Å²) in [6, 6.07) is 10.9. The summed E-state index contributed by atoms with van der Waals surface area (Å²) in [6.45, 7) is 6.22. The number of carbonyl (C=O) groups excluding carboxylic acids is 3. The number of anilines is 1. The molecule has 0 radical (unpaired) electrons. The normalized spacial score (nSPS) is 13.5. The van der Waals surface area contributed by atoms with Crippen LogP contribution in [0, 0.1) is 0 Å². The number of allylic oxidation sites excluding steroid dienone is 3. The van der Waals surface area contributed by atoms with Crippen LogP contribution in [-0.2, 0) is 46.7 Å². The second-order valence-corrected chi connectivity index (χ2v) is 13.7. The van der Waals surface area contributed by atoms with E-state index in [-0.39, 0.29) is 29.7 Å². The van der Waals surface area contributed by atoms with E-state index in [1.54, 1.807) is 11.0 Å². The Balaban J connectivity index is 1.16. The van der Waals surface area contributed by atoms with Crippen LogP contribution in [0.3, 0.4) is 0 Å². The predicted octanol–water partition coefficient (Wildman–Crippen LogP) is 5.58. The molecule has 3 aromatic rings. The summed E-state index contributed by atoms with van der Waals surface area (Å²) < 4.78 is 46.8. The highest BCUT2D eigenvalue weighted by molar-refractivity contribution is 7.15. The molecule has 0 atom stereocenters. The van der Waals surface area contributed by atoms with Gasteiger partial charge in [0, 0.05) is 25.2 Å². The van der Waals surface area contributed by atoms with Crippen molar-refractivity contribution in [2.75, 3.05) is 5.32 Å². The van der Waals surface area contributed by atoms with Gasteiger partial charge in [0.25, 0.3) is 0 Å². The summed E-state index contributed by atoms with van der Waals surface area (Å²) in [7, 11) is 0. The molecule has 0 aliphatic carbocycles. The molecule has 0 fully saturated rings. The SMILES string of the molecule is CC(C)(C)OC(=O)N1Cc2cccc(CC(=O)N/C(N)=C/C=C(\N)CCCCc3nnc(NC(=O)Cc4cccc(OC(F)(F)F)c4)s3)c2C1. The van der Waals surface area contributed by atoms with Crippen LogP contribution >= 0.6 is 11.3 Å². The molecule has 0 saturated heterocycles. The molecule has 2 heterocycles. The average molecular weight is 716 g/mol.